The van der Waals surface area contributed by atoms with Gasteiger partial charge < -0.3 is 4.90 Å². The van der Waals surface area contributed by atoms with E-state index in [1.807, 2.05) is 6.20 Å². The van der Waals surface area contributed by atoms with Crippen LogP contribution in [0.2, 0.25) is 0 Å². The van der Waals surface area contributed by atoms with Crippen molar-refractivity contribution in [3.05, 3.63) is 22.3 Å². The van der Waals surface area contributed by atoms with E-state index < -0.39 is 0 Å². The molecule has 1 heterocycles. The minimum absolute atomic E-state index is 0.898. The van der Waals surface area contributed by atoms with Crippen molar-refractivity contribution in [1.82, 2.24) is 4.98 Å². The van der Waals surface area contributed by atoms with E-state index in [0.29, 0.717) is 0 Å². The van der Waals surface area contributed by atoms with Gasteiger partial charge in [0.15, 0.2) is 0 Å². The maximum Gasteiger partial charge on any atom is 0.142 e. The molecule has 14 heavy (non-hydrogen) atoms. The Hall–Kier alpha value is -0.570. The van der Waals surface area contributed by atoms with E-state index in [4.69, 9.17) is 0 Å². The number of nitrogens with zero attached hydrogens (tertiary/aromatic N) is 2. The number of aromatic nitrogens is 1. The molecule has 0 atom stereocenters. The molecule has 2 nitrogen and oxygen atoms in total. The first-order valence-corrected chi connectivity index (χ1v) is 5.79. The number of pyridine rings is 1. The lowest BCUT2D eigenvalue weighted by molar-refractivity contribution is 0.775. The monoisotopic (exact) mass is 254 g/mol. The number of hydrogen-bond donors (Lipinski definition) is 0. The van der Waals surface area contributed by atoms with Crippen LogP contribution in [0.5, 0.6) is 0 Å². The topological polar surface area (TPSA) is 16.1 Å². The first-order chi connectivity index (χ1) is 6.66. The van der Waals surface area contributed by atoms with Crippen molar-refractivity contribution < 1.29 is 0 Å². The molecule has 1 fully saturated rings. The van der Waals surface area contributed by atoms with E-state index in [1.165, 1.54) is 18.4 Å². The highest BCUT2D eigenvalue weighted by atomic mass is 79.9. The summed E-state index contributed by atoms with van der Waals surface area (Å²) in [5.74, 6) is 1.96. The van der Waals surface area contributed by atoms with Crippen molar-refractivity contribution in [2.24, 2.45) is 5.92 Å². The van der Waals surface area contributed by atoms with Crippen LogP contribution in [0.1, 0.15) is 18.4 Å². The van der Waals surface area contributed by atoms with Crippen molar-refractivity contribution >= 4 is 21.7 Å². The lowest BCUT2D eigenvalue weighted by Gasteiger charge is -2.19. The Kier molecular flexibility index (Phi) is 2.77. The SMILES string of the molecule is Cc1cnc(N(C)CC2CC2)c(Br)c1. The zero-order valence-corrected chi connectivity index (χ0v) is 10.2. The van der Waals surface area contributed by atoms with E-state index in [2.05, 4.69) is 45.9 Å². The lowest BCUT2D eigenvalue weighted by Crippen LogP contribution is -2.21. The van der Waals surface area contributed by atoms with Gasteiger partial charge in [-0.3, -0.25) is 0 Å². The van der Waals surface area contributed by atoms with Crippen molar-refractivity contribution in [3.63, 3.8) is 0 Å². The van der Waals surface area contributed by atoms with Crippen LogP contribution in [-0.2, 0) is 0 Å². The molecular formula is C11H15BrN2. The molecule has 3 heteroatoms. The summed E-state index contributed by atoms with van der Waals surface area (Å²) >= 11 is 3.55. The fourth-order valence-corrected chi connectivity index (χ4v) is 2.35. The van der Waals surface area contributed by atoms with E-state index >= 15 is 0 Å². The van der Waals surface area contributed by atoms with Gasteiger partial charge in [-0.2, -0.15) is 0 Å². The molecule has 0 unspecified atom stereocenters. The van der Waals surface area contributed by atoms with Crippen LogP contribution in [-0.4, -0.2) is 18.6 Å². The quantitative estimate of drug-likeness (QED) is 0.825. The summed E-state index contributed by atoms with van der Waals surface area (Å²) in [6.45, 7) is 3.19. The van der Waals surface area contributed by atoms with Gasteiger partial charge in [-0.15, -0.1) is 0 Å². The number of halogens is 1. The molecule has 0 aromatic carbocycles. The Bertz CT molecular complexity index is 334. The average Bonchev–Trinajstić information content (AvgIpc) is 2.87. The highest BCUT2D eigenvalue weighted by Gasteiger charge is 2.23. The predicted octanol–water partition coefficient (Wildman–Crippen LogP) is 3.00. The minimum Gasteiger partial charge on any atom is -0.358 e. The van der Waals surface area contributed by atoms with Crippen LogP contribution in [0.25, 0.3) is 0 Å². The third-order valence-electron chi connectivity index (χ3n) is 2.55. The van der Waals surface area contributed by atoms with Gasteiger partial charge in [0.25, 0.3) is 0 Å². The predicted molar refractivity (Wildman–Crippen MR) is 62.7 cm³/mol. The minimum atomic E-state index is 0.898. The largest absolute Gasteiger partial charge is 0.358 e. The third kappa shape index (κ3) is 2.27. The molecule has 0 amide bonds. The molecule has 1 saturated carbocycles. The van der Waals surface area contributed by atoms with Crippen molar-refractivity contribution in [2.45, 2.75) is 19.8 Å². The molecule has 0 saturated heterocycles. The second kappa shape index (κ2) is 3.89. The van der Waals surface area contributed by atoms with Gasteiger partial charge in [-0.1, -0.05) is 0 Å². The van der Waals surface area contributed by atoms with E-state index in [1.54, 1.807) is 0 Å². The first kappa shape index (κ1) is 9.97. The zero-order chi connectivity index (χ0) is 10.1. The van der Waals surface area contributed by atoms with Crippen LogP contribution in [0.15, 0.2) is 16.7 Å². The Morgan fingerprint density at radius 3 is 2.86 bits per heavy atom. The molecular weight excluding hydrogens is 240 g/mol. The second-order valence-electron chi connectivity index (χ2n) is 4.14. The summed E-state index contributed by atoms with van der Waals surface area (Å²) in [4.78, 5) is 6.67. The molecule has 76 valence electrons. The van der Waals surface area contributed by atoms with Crippen LogP contribution in [0.3, 0.4) is 0 Å². The summed E-state index contributed by atoms with van der Waals surface area (Å²) in [7, 11) is 2.11. The molecule has 0 spiro atoms. The molecule has 1 aromatic rings. The van der Waals surface area contributed by atoms with Gasteiger partial charge in [-0.25, -0.2) is 4.98 Å². The Morgan fingerprint density at radius 1 is 1.57 bits per heavy atom. The smallest absolute Gasteiger partial charge is 0.142 e. The summed E-state index contributed by atoms with van der Waals surface area (Å²) in [6, 6.07) is 2.12. The highest BCUT2D eigenvalue weighted by molar-refractivity contribution is 9.10. The first-order valence-electron chi connectivity index (χ1n) is 5.00. The lowest BCUT2D eigenvalue weighted by atomic mass is 10.3. The number of rotatable bonds is 3. The highest BCUT2D eigenvalue weighted by Crippen LogP contribution is 2.32. The molecule has 0 radical (unpaired) electrons. The summed E-state index contributed by atoms with van der Waals surface area (Å²) in [5, 5.41) is 0. The molecule has 2 rings (SSSR count). The fraction of sp³-hybridized carbons (Fsp3) is 0.545. The van der Waals surface area contributed by atoms with Crippen molar-refractivity contribution in [3.8, 4) is 0 Å². The molecule has 1 aliphatic rings. The molecule has 0 aliphatic heterocycles. The van der Waals surface area contributed by atoms with Gasteiger partial charge >= 0.3 is 0 Å². The Morgan fingerprint density at radius 2 is 2.29 bits per heavy atom. The summed E-state index contributed by atoms with van der Waals surface area (Å²) in [5.41, 5.74) is 1.19. The number of anilines is 1. The van der Waals surface area contributed by atoms with Gasteiger partial charge in [0.1, 0.15) is 5.82 Å². The second-order valence-corrected chi connectivity index (χ2v) is 5.00. The third-order valence-corrected chi connectivity index (χ3v) is 3.13. The number of aryl methyl sites for hydroxylation is 1. The van der Waals surface area contributed by atoms with Gasteiger partial charge in [0.05, 0.1) is 4.47 Å². The van der Waals surface area contributed by atoms with Crippen LogP contribution >= 0.6 is 15.9 Å². The molecule has 0 bridgehead atoms. The normalized spacial score (nSPS) is 15.6. The maximum absolute atomic E-state index is 4.44. The van der Waals surface area contributed by atoms with Crippen LogP contribution in [0, 0.1) is 12.8 Å². The average molecular weight is 255 g/mol. The molecule has 1 aromatic heterocycles. The molecule has 1 aliphatic carbocycles. The maximum atomic E-state index is 4.44. The van der Waals surface area contributed by atoms with Crippen LogP contribution in [0.4, 0.5) is 5.82 Å². The van der Waals surface area contributed by atoms with E-state index in [-0.39, 0.29) is 0 Å². The standard InChI is InChI=1S/C11H15BrN2/c1-8-5-10(12)11(13-6-8)14(2)7-9-3-4-9/h5-6,9H,3-4,7H2,1-2H3. The van der Waals surface area contributed by atoms with E-state index in [0.717, 1.165) is 22.8 Å². The van der Waals surface area contributed by atoms with Gasteiger partial charge in [0.2, 0.25) is 0 Å². The zero-order valence-electron chi connectivity index (χ0n) is 8.63. The number of hydrogen-bond acceptors (Lipinski definition) is 2. The summed E-state index contributed by atoms with van der Waals surface area (Å²) < 4.78 is 1.10. The van der Waals surface area contributed by atoms with Gasteiger partial charge in [0, 0.05) is 19.8 Å². The van der Waals surface area contributed by atoms with Gasteiger partial charge in [-0.05, 0) is 53.2 Å². The van der Waals surface area contributed by atoms with Crippen molar-refractivity contribution in [2.75, 3.05) is 18.5 Å². The van der Waals surface area contributed by atoms with E-state index in [9.17, 15) is 0 Å². The Labute approximate surface area is 93.5 Å². The van der Waals surface area contributed by atoms with Crippen LogP contribution < -0.4 is 4.90 Å². The molecule has 0 N–H and O–H groups in total. The Balaban J connectivity index is 2.13. The fourth-order valence-electron chi connectivity index (χ4n) is 1.58. The van der Waals surface area contributed by atoms with Crippen molar-refractivity contribution in [1.29, 1.82) is 0 Å². The summed E-state index contributed by atoms with van der Waals surface area (Å²) in [6.07, 6.45) is 4.69.